The van der Waals surface area contributed by atoms with E-state index in [-0.39, 0.29) is 5.56 Å². The number of halogens is 1. The van der Waals surface area contributed by atoms with Gasteiger partial charge in [0.05, 0.1) is 22.8 Å². The van der Waals surface area contributed by atoms with E-state index in [1.165, 1.54) is 15.4 Å². The summed E-state index contributed by atoms with van der Waals surface area (Å²) < 4.78 is 10.6. The number of fused-ring (bicyclic) bond motifs is 3. The van der Waals surface area contributed by atoms with E-state index >= 15 is 0 Å². The van der Waals surface area contributed by atoms with E-state index in [4.69, 9.17) is 14.5 Å². The van der Waals surface area contributed by atoms with Crippen molar-refractivity contribution in [3.63, 3.8) is 0 Å². The predicted octanol–water partition coefficient (Wildman–Crippen LogP) is 8.02. The Morgan fingerprint density at radius 2 is 1.62 bits per heavy atom. The number of furan rings is 1. The first kappa shape index (κ1) is 24.3. The highest BCUT2D eigenvalue weighted by Gasteiger charge is 2.17. The van der Waals surface area contributed by atoms with Gasteiger partial charge in [0.1, 0.15) is 5.58 Å². The van der Waals surface area contributed by atoms with Crippen LogP contribution in [0.3, 0.4) is 0 Å². The van der Waals surface area contributed by atoms with Crippen molar-refractivity contribution in [1.29, 1.82) is 0 Å². The van der Waals surface area contributed by atoms with Crippen LogP contribution in [-0.4, -0.2) is 20.4 Å². The van der Waals surface area contributed by atoms with Gasteiger partial charge in [-0.05, 0) is 67.8 Å². The third-order valence-corrected chi connectivity index (χ3v) is 7.74. The van der Waals surface area contributed by atoms with E-state index in [0.717, 1.165) is 32.5 Å². The first-order valence-electron chi connectivity index (χ1n) is 12.9. The number of aryl methyl sites for hydroxylation is 1. The Balaban J connectivity index is 1.39. The smallest absolute Gasteiger partial charge is 0.282 e. The minimum Gasteiger partial charge on any atom is -0.453 e. The maximum atomic E-state index is 13.7. The molecule has 0 saturated heterocycles. The van der Waals surface area contributed by atoms with E-state index in [0.29, 0.717) is 28.1 Å². The zero-order chi connectivity index (χ0) is 27.4. The first-order chi connectivity index (χ1) is 19.5. The lowest BCUT2D eigenvalue weighted by atomic mass is 10.1. The molecule has 4 aromatic carbocycles. The van der Waals surface area contributed by atoms with Crippen LogP contribution in [0.1, 0.15) is 17.0 Å². The molecule has 0 atom stereocenters. The fourth-order valence-electron chi connectivity index (χ4n) is 5.33. The first-order valence-corrected chi connectivity index (χ1v) is 13.7. The highest BCUT2D eigenvalue weighted by Crippen LogP contribution is 2.30. The van der Waals surface area contributed by atoms with Crippen LogP contribution in [0.2, 0.25) is 0 Å². The second kappa shape index (κ2) is 9.47. The van der Waals surface area contributed by atoms with Gasteiger partial charge in [0.15, 0.2) is 5.76 Å². The molecule has 0 amide bonds. The van der Waals surface area contributed by atoms with Crippen molar-refractivity contribution in [3.05, 3.63) is 129 Å². The lowest BCUT2D eigenvalue weighted by Gasteiger charge is -2.13. The zero-order valence-corrected chi connectivity index (χ0v) is 23.4. The van der Waals surface area contributed by atoms with Crippen molar-refractivity contribution in [3.8, 4) is 17.3 Å². The Bertz CT molecular complexity index is 2180. The van der Waals surface area contributed by atoms with Crippen molar-refractivity contribution in [2.24, 2.45) is 5.10 Å². The Hall–Kier alpha value is -4.75. The molecule has 40 heavy (non-hydrogen) atoms. The number of rotatable bonds is 4. The summed E-state index contributed by atoms with van der Waals surface area (Å²) >= 11 is 3.51. The minimum absolute atomic E-state index is 0.263. The van der Waals surface area contributed by atoms with E-state index in [1.807, 2.05) is 48.5 Å². The highest BCUT2D eigenvalue weighted by atomic mass is 79.9. The van der Waals surface area contributed by atoms with Gasteiger partial charge in [-0.2, -0.15) is 9.78 Å². The fraction of sp³-hybridized carbons (Fsp3) is 0.0606. The van der Waals surface area contributed by atoms with Gasteiger partial charge in [-0.1, -0.05) is 64.5 Å². The molecule has 6 nitrogen and oxygen atoms in total. The Morgan fingerprint density at radius 3 is 2.50 bits per heavy atom. The molecule has 0 spiro atoms. The standard InChI is InChI=1S/C33H23BrN4O2/c1-20-16-24(21(2)37(20)29-13-7-9-22-8-3-4-10-26(22)29)19-35-38-32(36-28-12-6-5-11-27(28)33(38)39)31-18-23-17-25(34)14-15-30(23)40-31/h3-19H,1-2H3. The maximum absolute atomic E-state index is 13.7. The van der Waals surface area contributed by atoms with Crippen LogP contribution in [0.25, 0.3) is 49.9 Å². The number of nitrogens with zero attached hydrogens (tertiary/aromatic N) is 4. The Morgan fingerprint density at radius 1 is 0.850 bits per heavy atom. The molecular formula is C33H23BrN4O2. The second-order valence-corrected chi connectivity index (χ2v) is 10.7. The summed E-state index contributed by atoms with van der Waals surface area (Å²) in [7, 11) is 0. The molecular weight excluding hydrogens is 564 g/mol. The number of benzene rings is 4. The zero-order valence-electron chi connectivity index (χ0n) is 21.8. The van der Waals surface area contributed by atoms with Crippen LogP contribution in [-0.2, 0) is 0 Å². The number of aromatic nitrogens is 3. The van der Waals surface area contributed by atoms with Gasteiger partial charge in [0.2, 0.25) is 5.82 Å². The van der Waals surface area contributed by atoms with Gasteiger partial charge in [-0.25, -0.2) is 4.98 Å². The summed E-state index contributed by atoms with van der Waals surface area (Å²) in [6.45, 7) is 4.14. The van der Waals surface area contributed by atoms with Gasteiger partial charge in [0, 0.05) is 32.2 Å². The molecule has 0 saturated carbocycles. The van der Waals surface area contributed by atoms with Crippen molar-refractivity contribution in [2.75, 3.05) is 0 Å². The average Bonchev–Trinajstić information content (AvgIpc) is 3.51. The molecule has 0 fully saturated rings. The molecule has 3 aromatic heterocycles. The highest BCUT2D eigenvalue weighted by molar-refractivity contribution is 9.10. The molecule has 0 aliphatic carbocycles. The second-order valence-electron chi connectivity index (χ2n) is 9.77. The van der Waals surface area contributed by atoms with Crippen molar-refractivity contribution in [1.82, 2.24) is 14.2 Å². The van der Waals surface area contributed by atoms with E-state index in [2.05, 4.69) is 76.8 Å². The van der Waals surface area contributed by atoms with Gasteiger partial charge in [-0.15, -0.1) is 0 Å². The normalized spacial score (nSPS) is 11.9. The predicted molar refractivity (Wildman–Crippen MR) is 165 cm³/mol. The van der Waals surface area contributed by atoms with Gasteiger partial charge >= 0.3 is 0 Å². The van der Waals surface area contributed by atoms with Crippen molar-refractivity contribution in [2.45, 2.75) is 13.8 Å². The van der Waals surface area contributed by atoms with Gasteiger partial charge in [0.25, 0.3) is 5.56 Å². The molecule has 7 aromatic rings. The summed E-state index contributed by atoms with van der Waals surface area (Å²) in [6, 6.07) is 31.7. The minimum atomic E-state index is -0.263. The molecule has 3 heterocycles. The van der Waals surface area contributed by atoms with Crippen LogP contribution < -0.4 is 5.56 Å². The third-order valence-electron chi connectivity index (χ3n) is 7.24. The van der Waals surface area contributed by atoms with E-state index in [1.54, 1.807) is 12.3 Å². The number of para-hydroxylation sites is 1. The van der Waals surface area contributed by atoms with Crippen LogP contribution in [0, 0.1) is 13.8 Å². The molecule has 0 aliphatic heterocycles. The summed E-state index contributed by atoms with van der Waals surface area (Å²) in [5.41, 5.74) is 5.13. The lowest BCUT2D eigenvalue weighted by molar-refractivity contribution is 0.616. The van der Waals surface area contributed by atoms with Crippen LogP contribution in [0.4, 0.5) is 0 Å². The molecule has 194 valence electrons. The quantitative estimate of drug-likeness (QED) is 0.196. The molecule has 7 rings (SSSR count). The van der Waals surface area contributed by atoms with Crippen LogP contribution in [0.5, 0.6) is 0 Å². The summed E-state index contributed by atoms with van der Waals surface area (Å²) in [5.74, 6) is 0.810. The van der Waals surface area contributed by atoms with Crippen LogP contribution >= 0.6 is 15.9 Å². The summed E-state index contributed by atoms with van der Waals surface area (Å²) in [6.07, 6.45) is 1.73. The molecule has 0 unspecified atom stereocenters. The fourth-order valence-corrected chi connectivity index (χ4v) is 5.71. The van der Waals surface area contributed by atoms with Crippen LogP contribution in [0.15, 0.2) is 116 Å². The molecule has 0 radical (unpaired) electrons. The monoisotopic (exact) mass is 586 g/mol. The molecule has 7 heteroatoms. The van der Waals surface area contributed by atoms with E-state index in [9.17, 15) is 4.79 Å². The SMILES string of the molecule is Cc1cc(C=Nn2c(-c3cc4cc(Br)ccc4o3)nc3ccccc3c2=O)c(C)n1-c1cccc2ccccc12. The summed E-state index contributed by atoms with van der Waals surface area (Å²) in [5, 5.41) is 8.44. The van der Waals surface area contributed by atoms with Gasteiger partial charge < -0.3 is 8.98 Å². The molecule has 0 bridgehead atoms. The summed E-state index contributed by atoms with van der Waals surface area (Å²) in [4.78, 5) is 18.5. The Kier molecular flexibility index (Phi) is 5.75. The average molecular weight is 587 g/mol. The maximum Gasteiger partial charge on any atom is 0.282 e. The lowest BCUT2D eigenvalue weighted by Crippen LogP contribution is -2.20. The van der Waals surface area contributed by atoms with Crippen molar-refractivity contribution >= 4 is 54.8 Å². The molecule has 0 aliphatic rings. The van der Waals surface area contributed by atoms with E-state index < -0.39 is 0 Å². The van der Waals surface area contributed by atoms with Gasteiger partial charge in [-0.3, -0.25) is 4.79 Å². The molecule has 0 N–H and O–H groups in total. The third kappa shape index (κ3) is 3.98. The number of hydrogen-bond acceptors (Lipinski definition) is 4. The largest absolute Gasteiger partial charge is 0.453 e. The Labute approximate surface area is 237 Å². The topological polar surface area (TPSA) is 65.3 Å². The van der Waals surface area contributed by atoms with Crippen molar-refractivity contribution < 1.29 is 4.42 Å². The number of hydrogen-bond donors (Lipinski definition) is 0.